The third-order valence-corrected chi connectivity index (χ3v) is 3.23. The van der Waals surface area contributed by atoms with E-state index >= 15 is 0 Å². The molecule has 0 aromatic carbocycles. The molecule has 2 unspecified atom stereocenters. The van der Waals surface area contributed by atoms with E-state index in [1.165, 1.54) is 0 Å². The van der Waals surface area contributed by atoms with Crippen molar-refractivity contribution in [3.63, 3.8) is 0 Å². The van der Waals surface area contributed by atoms with Crippen molar-refractivity contribution in [2.45, 2.75) is 51.7 Å². The van der Waals surface area contributed by atoms with Crippen LogP contribution in [0, 0.1) is 5.92 Å². The largest absolute Gasteiger partial charge is 0.394 e. The van der Waals surface area contributed by atoms with Gasteiger partial charge in [-0.1, -0.05) is 13.8 Å². The van der Waals surface area contributed by atoms with E-state index in [1.54, 1.807) is 0 Å². The number of ether oxygens (including phenoxy) is 1. The summed E-state index contributed by atoms with van der Waals surface area (Å²) in [6.45, 7) is 7.40. The number of aliphatic hydroxyl groups excluding tert-OH is 1. The van der Waals surface area contributed by atoms with E-state index < -0.39 is 0 Å². The summed E-state index contributed by atoms with van der Waals surface area (Å²) in [6, 6.07) is -0.409. The lowest BCUT2D eigenvalue weighted by atomic mass is 10.0. The Kier molecular flexibility index (Phi) is 5.88. The maximum absolute atomic E-state index is 11.7. The summed E-state index contributed by atoms with van der Waals surface area (Å²) in [5.41, 5.74) is -0.232. The Morgan fingerprint density at radius 1 is 1.50 bits per heavy atom. The maximum atomic E-state index is 11.7. The molecule has 1 heterocycles. The highest BCUT2D eigenvalue weighted by Crippen LogP contribution is 2.23. The van der Waals surface area contributed by atoms with Crippen LogP contribution in [0.25, 0.3) is 0 Å². The molecule has 18 heavy (non-hydrogen) atoms. The fourth-order valence-electron chi connectivity index (χ4n) is 2.23. The van der Waals surface area contributed by atoms with Gasteiger partial charge >= 0.3 is 6.03 Å². The second-order valence-corrected chi connectivity index (χ2v) is 5.74. The van der Waals surface area contributed by atoms with E-state index in [2.05, 4.69) is 24.5 Å². The Hall–Kier alpha value is -0.810. The number of hydrogen-bond donors (Lipinski definition) is 3. The number of amides is 2. The van der Waals surface area contributed by atoms with Gasteiger partial charge < -0.3 is 20.5 Å². The number of carbonyl (C=O) groups excluding carboxylic acids is 1. The first-order valence-electron chi connectivity index (χ1n) is 6.74. The highest BCUT2D eigenvalue weighted by atomic mass is 16.5. The molecule has 5 heteroatoms. The van der Waals surface area contributed by atoms with Gasteiger partial charge in [0.1, 0.15) is 0 Å². The van der Waals surface area contributed by atoms with Crippen LogP contribution in [0.1, 0.15) is 40.0 Å². The highest BCUT2D eigenvalue weighted by Gasteiger charge is 2.30. The van der Waals surface area contributed by atoms with E-state index in [0.29, 0.717) is 12.5 Å². The molecular formula is C13H26N2O3. The topological polar surface area (TPSA) is 70.6 Å². The molecule has 2 atom stereocenters. The van der Waals surface area contributed by atoms with Crippen molar-refractivity contribution in [1.82, 2.24) is 10.6 Å². The van der Waals surface area contributed by atoms with Crippen molar-refractivity contribution in [3.8, 4) is 0 Å². The van der Waals surface area contributed by atoms with Gasteiger partial charge in [-0.15, -0.1) is 0 Å². The average Bonchev–Trinajstić information content (AvgIpc) is 2.73. The van der Waals surface area contributed by atoms with Crippen LogP contribution in [0.15, 0.2) is 0 Å². The first kappa shape index (κ1) is 15.2. The van der Waals surface area contributed by atoms with Crippen LogP contribution < -0.4 is 10.6 Å². The summed E-state index contributed by atoms with van der Waals surface area (Å²) >= 11 is 0. The summed E-state index contributed by atoms with van der Waals surface area (Å²) in [6.07, 6.45) is 2.80. The summed E-state index contributed by atoms with van der Waals surface area (Å²) < 4.78 is 5.59. The Labute approximate surface area is 109 Å². The quantitative estimate of drug-likeness (QED) is 0.672. The van der Waals surface area contributed by atoms with E-state index in [9.17, 15) is 9.90 Å². The van der Waals surface area contributed by atoms with Gasteiger partial charge in [-0.3, -0.25) is 0 Å². The fraction of sp³-hybridized carbons (Fsp3) is 0.923. The predicted molar refractivity (Wildman–Crippen MR) is 70.5 cm³/mol. The van der Waals surface area contributed by atoms with Crippen molar-refractivity contribution >= 4 is 6.03 Å². The van der Waals surface area contributed by atoms with Crippen LogP contribution >= 0.6 is 0 Å². The van der Waals surface area contributed by atoms with E-state index in [4.69, 9.17) is 4.74 Å². The van der Waals surface area contributed by atoms with Gasteiger partial charge in [0.15, 0.2) is 0 Å². The van der Waals surface area contributed by atoms with Crippen LogP contribution in [0.5, 0.6) is 0 Å². The lowest BCUT2D eigenvalue weighted by Crippen LogP contribution is -2.48. The zero-order chi connectivity index (χ0) is 13.6. The number of rotatable bonds is 6. The van der Waals surface area contributed by atoms with Crippen molar-refractivity contribution in [2.24, 2.45) is 5.92 Å². The fourth-order valence-corrected chi connectivity index (χ4v) is 2.23. The molecular weight excluding hydrogens is 232 g/mol. The summed E-state index contributed by atoms with van der Waals surface area (Å²) in [5.74, 6) is 0.443. The van der Waals surface area contributed by atoms with Gasteiger partial charge in [-0.25, -0.2) is 4.79 Å². The molecule has 0 aromatic rings. The minimum Gasteiger partial charge on any atom is -0.394 e. The van der Waals surface area contributed by atoms with Crippen molar-refractivity contribution < 1.29 is 14.6 Å². The van der Waals surface area contributed by atoms with E-state index in [-0.39, 0.29) is 24.3 Å². The SMILES string of the molecule is CC(C)CC(CO)NC(=O)NCC1(C)CCCO1. The highest BCUT2D eigenvalue weighted by molar-refractivity contribution is 5.74. The minimum absolute atomic E-state index is 0.0284. The van der Waals surface area contributed by atoms with Crippen LogP contribution in [-0.2, 0) is 4.74 Å². The van der Waals surface area contributed by atoms with Crippen LogP contribution in [0.4, 0.5) is 4.79 Å². The molecule has 2 amide bonds. The number of hydrogen-bond acceptors (Lipinski definition) is 3. The predicted octanol–water partition coefficient (Wildman–Crippen LogP) is 1.26. The number of urea groups is 1. The lowest BCUT2D eigenvalue weighted by molar-refractivity contribution is 0.0227. The number of carbonyl (C=O) groups is 1. The minimum atomic E-state index is -0.232. The van der Waals surface area contributed by atoms with Crippen molar-refractivity contribution in [2.75, 3.05) is 19.8 Å². The number of nitrogens with one attached hydrogen (secondary N) is 2. The first-order valence-corrected chi connectivity index (χ1v) is 6.74. The molecule has 5 nitrogen and oxygen atoms in total. The summed E-state index contributed by atoms with van der Waals surface area (Å²) in [4.78, 5) is 11.7. The smallest absolute Gasteiger partial charge is 0.315 e. The Morgan fingerprint density at radius 2 is 2.22 bits per heavy atom. The molecule has 1 aliphatic rings. The molecule has 0 saturated carbocycles. The second-order valence-electron chi connectivity index (χ2n) is 5.74. The molecule has 0 aliphatic carbocycles. The molecule has 1 fully saturated rings. The third-order valence-electron chi connectivity index (χ3n) is 3.23. The van der Waals surface area contributed by atoms with Gasteiger partial charge in [-0.2, -0.15) is 0 Å². The molecule has 3 N–H and O–H groups in total. The van der Waals surface area contributed by atoms with Crippen LogP contribution in [0.3, 0.4) is 0 Å². The maximum Gasteiger partial charge on any atom is 0.315 e. The van der Waals surface area contributed by atoms with E-state index in [0.717, 1.165) is 25.9 Å². The zero-order valence-electron chi connectivity index (χ0n) is 11.7. The van der Waals surface area contributed by atoms with Crippen molar-refractivity contribution in [3.05, 3.63) is 0 Å². The van der Waals surface area contributed by atoms with Gasteiger partial charge in [0, 0.05) is 13.2 Å². The first-order chi connectivity index (χ1) is 8.45. The van der Waals surface area contributed by atoms with Gasteiger partial charge in [0.25, 0.3) is 0 Å². The van der Waals surface area contributed by atoms with Gasteiger partial charge in [-0.05, 0) is 32.1 Å². The Balaban J connectivity index is 2.27. The number of aliphatic hydroxyl groups is 1. The normalized spacial score (nSPS) is 25.2. The second kappa shape index (κ2) is 6.95. The third kappa shape index (κ3) is 5.23. The van der Waals surface area contributed by atoms with Crippen LogP contribution in [-0.4, -0.2) is 42.5 Å². The molecule has 106 valence electrons. The zero-order valence-corrected chi connectivity index (χ0v) is 11.7. The van der Waals surface area contributed by atoms with Gasteiger partial charge in [0.05, 0.1) is 18.2 Å². The molecule has 0 spiro atoms. The standard InChI is InChI=1S/C13H26N2O3/c1-10(2)7-11(8-16)15-12(17)14-9-13(3)5-4-6-18-13/h10-11,16H,4-9H2,1-3H3,(H2,14,15,17). The van der Waals surface area contributed by atoms with Crippen molar-refractivity contribution in [1.29, 1.82) is 0 Å². The monoisotopic (exact) mass is 258 g/mol. The molecule has 1 aliphatic heterocycles. The Bertz CT molecular complexity index is 263. The van der Waals surface area contributed by atoms with Crippen LogP contribution in [0.2, 0.25) is 0 Å². The Morgan fingerprint density at radius 3 is 2.72 bits per heavy atom. The molecule has 0 bridgehead atoms. The molecule has 0 aromatic heterocycles. The summed E-state index contributed by atoms with van der Waals surface area (Å²) in [7, 11) is 0. The van der Waals surface area contributed by atoms with E-state index in [1.807, 2.05) is 6.92 Å². The lowest BCUT2D eigenvalue weighted by Gasteiger charge is -2.25. The summed E-state index contributed by atoms with van der Waals surface area (Å²) in [5, 5.41) is 14.8. The molecule has 1 saturated heterocycles. The molecule has 0 radical (unpaired) electrons. The van der Waals surface area contributed by atoms with Gasteiger partial charge in [0.2, 0.25) is 0 Å². The molecule has 1 rings (SSSR count). The average molecular weight is 258 g/mol.